The maximum absolute atomic E-state index is 12.4. The van der Waals surface area contributed by atoms with Crippen LogP contribution in [0.25, 0.3) is 0 Å². The average molecular weight is 317 g/mol. The molecule has 0 aromatic heterocycles. The first-order valence-electron chi connectivity index (χ1n) is 8.22. The summed E-state index contributed by atoms with van der Waals surface area (Å²) in [6.45, 7) is 5.65. The highest BCUT2D eigenvalue weighted by molar-refractivity contribution is 5.80. The van der Waals surface area contributed by atoms with Crippen molar-refractivity contribution in [2.75, 3.05) is 39.3 Å². The maximum Gasteiger partial charge on any atom is 0.317 e. The summed E-state index contributed by atoms with van der Waals surface area (Å²) >= 11 is 0. The van der Waals surface area contributed by atoms with Gasteiger partial charge in [-0.2, -0.15) is 0 Å². The minimum Gasteiger partial charge on any atom is -0.493 e. The van der Waals surface area contributed by atoms with Crippen molar-refractivity contribution in [2.24, 2.45) is 0 Å². The van der Waals surface area contributed by atoms with Crippen molar-refractivity contribution in [3.05, 3.63) is 29.3 Å². The van der Waals surface area contributed by atoms with E-state index in [4.69, 9.17) is 4.74 Å². The van der Waals surface area contributed by atoms with Crippen LogP contribution in [0.2, 0.25) is 0 Å². The second-order valence-corrected chi connectivity index (χ2v) is 5.92. The predicted octanol–water partition coefficient (Wildman–Crippen LogP) is 1.04. The number of amides is 3. The molecule has 0 atom stereocenters. The highest BCUT2D eigenvalue weighted by Gasteiger charge is 2.24. The molecular formula is C17H23N3O3. The Kier molecular flexibility index (Phi) is 4.69. The van der Waals surface area contributed by atoms with Crippen molar-refractivity contribution in [3.8, 4) is 5.75 Å². The third-order valence-corrected chi connectivity index (χ3v) is 4.36. The zero-order valence-corrected chi connectivity index (χ0v) is 13.5. The summed E-state index contributed by atoms with van der Waals surface area (Å²) in [6.07, 6.45) is 1.33. The molecule has 6 heteroatoms. The first kappa shape index (κ1) is 15.6. The molecule has 0 saturated carbocycles. The van der Waals surface area contributed by atoms with E-state index in [2.05, 4.69) is 11.4 Å². The second-order valence-electron chi connectivity index (χ2n) is 5.92. The Morgan fingerprint density at radius 1 is 1.17 bits per heavy atom. The molecule has 1 aromatic carbocycles. The van der Waals surface area contributed by atoms with E-state index >= 15 is 0 Å². The number of urea groups is 1. The molecule has 1 fully saturated rings. The van der Waals surface area contributed by atoms with Gasteiger partial charge in [-0.1, -0.05) is 12.1 Å². The van der Waals surface area contributed by atoms with Crippen LogP contribution in [0.1, 0.15) is 18.1 Å². The predicted molar refractivity (Wildman–Crippen MR) is 86.6 cm³/mol. The monoisotopic (exact) mass is 317 g/mol. The van der Waals surface area contributed by atoms with E-state index < -0.39 is 0 Å². The first-order valence-corrected chi connectivity index (χ1v) is 8.22. The number of rotatable bonds is 3. The molecule has 2 aliphatic rings. The summed E-state index contributed by atoms with van der Waals surface area (Å²) in [5.41, 5.74) is 2.22. The van der Waals surface area contributed by atoms with Crippen molar-refractivity contribution in [1.29, 1.82) is 0 Å². The summed E-state index contributed by atoms with van der Waals surface area (Å²) in [4.78, 5) is 27.8. The van der Waals surface area contributed by atoms with Crippen molar-refractivity contribution >= 4 is 11.9 Å². The first-order chi connectivity index (χ1) is 11.2. The fraction of sp³-hybridized carbons (Fsp3) is 0.529. The molecule has 6 nitrogen and oxygen atoms in total. The second kappa shape index (κ2) is 6.89. The Morgan fingerprint density at radius 3 is 2.65 bits per heavy atom. The van der Waals surface area contributed by atoms with Gasteiger partial charge in [0, 0.05) is 39.1 Å². The molecule has 3 rings (SSSR count). The third-order valence-electron chi connectivity index (χ3n) is 4.36. The minimum absolute atomic E-state index is 0.0433. The molecule has 124 valence electrons. The summed E-state index contributed by atoms with van der Waals surface area (Å²) in [5.74, 6) is 1.07. The number of carbonyl (C=O) groups excluding carboxylic acids is 2. The van der Waals surface area contributed by atoms with Crippen LogP contribution in [0.5, 0.6) is 5.75 Å². The zero-order valence-electron chi connectivity index (χ0n) is 13.5. The molecule has 1 saturated heterocycles. The molecule has 0 unspecified atom stereocenters. The highest BCUT2D eigenvalue weighted by atomic mass is 16.5. The SMILES string of the molecule is CCNC(=O)N1CCN(C(=O)Cc2ccc3c(c2)CCO3)CC1. The van der Waals surface area contributed by atoms with Gasteiger partial charge in [0.15, 0.2) is 0 Å². The lowest BCUT2D eigenvalue weighted by Gasteiger charge is -2.34. The number of nitrogens with zero attached hydrogens (tertiary/aromatic N) is 2. The van der Waals surface area contributed by atoms with Crippen molar-refractivity contribution in [2.45, 2.75) is 19.8 Å². The molecule has 3 amide bonds. The van der Waals surface area contributed by atoms with Crippen LogP contribution in [0.3, 0.4) is 0 Å². The third kappa shape index (κ3) is 3.57. The lowest BCUT2D eigenvalue weighted by atomic mass is 10.1. The van der Waals surface area contributed by atoms with Crippen molar-refractivity contribution in [1.82, 2.24) is 15.1 Å². The van der Waals surface area contributed by atoms with Gasteiger partial charge in [-0.3, -0.25) is 4.79 Å². The van der Waals surface area contributed by atoms with Crippen LogP contribution in [-0.4, -0.2) is 61.1 Å². The Morgan fingerprint density at radius 2 is 1.91 bits per heavy atom. The Balaban J connectivity index is 1.53. The molecule has 0 radical (unpaired) electrons. The van der Waals surface area contributed by atoms with Gasteiger partial charge in [0.05, 0.1) is 13.0 Å². The van der Waals surface area contributed by atoms with Gasteiger partial charge < -0.3 is 19.9 Å². The highest BCUT2D eigenvalue weighted by Crippen LogP contribution is 2.26. The fourth-order valence-electron chi connectivity index (χ4n) is 3.06. The van der Waals surface area contributed by atoms with E-state index in [1.165, 1.54) is 5.56 Å². The fourth-order valence-corrected chi connectivity index (χ4v) is 3.06. The maximum atomic E-state index is 12.4. The van der Waals surface area contributed by atoms with E-state index in [0.29, 0.717) is 39.1 Å². The molecule has 2 aliphatic heterocycles. The van der Waals surface area contributed by atoms with Crippen LogP contribution in [0.15, 0.2) is 18.2 Å². The zero-order chi connectivity index (χ0) is 16.2. The average Bonchev–Trinajstić information content (AvgIpc) is 3.03. The topological polar surface area (TPSA) is 61.9 Å². The van der Waals surface area contributed by atoms with Crippen LogP contribution in [0, 0.1) is 0 Å². The number of hydrogen-bond acceptors (Lipinski definition) is 3. The van der Waals surface area contributed by atoms with Crippen LogP contribution in [-0.2, 0) is 17.6 Å². The Hall–Kier alpha value is -2.24. The summed E-state index contributed by atoms with van der Waals surface area (Å²) in [5, 5.41) is 2.79. The van der Waals surface area contributed by atoms with E-state index in [1.54, 1.807) is 4.90 Å². The van der Waals surface area contributed by atoms with E-state index in [0.717, 1.165) is 24.3 Å². The summed E-state index contributed by atoms with van der Waals surface area (Å²) in [7, 11) is 0. The number of fused-ring (bicyclic) bond motifs is 1. The molecule has 0 aliphatic carbocycles. The van der Waals surface area contributed by atoms with Gasteiger partial charge in [0.2, 0.25) is 5.91 Å². The number of carbonyl (C=O) groups is 2. The summed E-state index contributed by atoms with van der Waals surface area (Å²) in [6, 6.07) is 5.95. The van der Waals surface area contributed by atoms with Gasteiger partial charge in [-0.25, -0.2) is 4.79 Å². The minimum atomic E-state index is -0.0433. The van der Waals surface area contributed by atoms with E-state index in [-0.39, 0.29) is 11.9 Å². The number of benzene rings is 1. The molecule has 0 bridgehead atoms. The normalized spacial score (nSPS) is 16.7. The number of hydrogen-bond donors (Lipinski definition) is 1. The van der Waals surface area contributed by atoms with E-state index in [1.807, 2.05) is 24.0 Å². The smallest absolute Gasteiger partial charge is 0.317 e. The van der Waals surface area contributed by atoms with Crippen molar-refractivity contribution < 1.29 is 14.3 Å². The molecule has 2 heterocycles. The van der Waals surface area contributed by atoms with Gasteiger partial charge >= 0.3 is 6.03 Å². The van der Waals surface area contributed by atoms with Gasteiger partial charge in [0.25, 0.3) is 0 Å². The van der Waals surface area contributed by atoms with E-state index in [9.17, 15) is 9.59 Å². The number of nitrogens with one attached hydrogen (secondary N) is 1. The standard InChI is InChI=1S/C17H23N3O3/c1-2-18-17(22)20-8-6-19(7-9-20)16(21)12-13-3-4-15-14(11-13)5-10-23-15/h3-4,11H,2,5-10,12H2,1H3,(H,18,22). The number of ether oxygens (including phenoxy) is 1. The van der Waals surface area contributed by atoms with Gasteiger partial charge in [0.1, 0.15) is 5.75 Å². The molecule has 1 aromatic rings. The van der Waals surface area contributed by atoms with Gasteiger partial charge in [-0.15, -0.1) is 0 Å². The number of piperazine rings is 1. The van der Waals surface area contributed by atoms with Crippen LogP contribution in [0.4, 0.5) is 4.79 Å². The quantitative estimate of drug-likeness (QED) is 0.906. The van der Waals surface area contributed by atoms with Gasteiger partial charge in [-0.05, 0) is 24.1 Å². The van der Waals surface area contributed by atoms with Crippen molar-refractivity contribution in [3.63, 3.8) is 0 Å². The lowest BCUT2D eigenvalue weighted by Crippen LogP contribution is -2.53. The van der Waals surface area contributed by atoms with Crippen LogP contribution < -0.4 is 10.1 Å². The largest absolute Gasteiger partial charge is 0.493 e. The summed E-state index contributed by atoms with van der Waals surface area (Å²) < 4.78 is 5.49. The Labute approximate surface area is 136 Å². The molecule has 0 spiro atoms. The molecule has 1 N–H and O–H groups in total. The molecular weight excluding hydrogens is 294 g/mol. The Bertz CT molecular complexity index is 595. The molecule has 23 heavy (non-hydrogen) atoms. The van der Waals surface area contributed by atoms with Crippen LogP contribution >= 0.6 is 0 Å². The lowest BCUT2D eigenvalue weighted by molar-refractivity contribution is -0.131.